The second kappa shape index (κ2) is 12.6. The molecule has 1 aliphatic rings. The van der Waals surface area contributed by atoms with E-state index >= 15 is 0 Å². The van der Waals surface area contributed by atoms with Crippen molar-refractivity contribution < 1.29 is 11.6 Å². The molecule has 0 aromatic heterocycles. The van der Waals surface area contributed by atoms with Crippen LogP contribution in [0.25, 0.3) is 0 Å². The Bertz CT molecular complexity index is 222. The van der Waals surface area contributed by atoms with Gasteiger partial charge in [-0.15, -0.1) is 0 Å². The molecule has 0 radical (unpaired) electrons. The molecule has 0 amide bonds. The number of methoxy groups -OCH3 is 1. The van der Waals surface area contributed by atoms with E-state index < -0.39 is 0 Å². The van der Waals surface area contributed by atoms with Gasteiger partial charge >= 0.3 is 0 Å². The van der Waals surface area contributed by atoms with Crippen molar-refractivity contribution in [3.63, 3.8) is 0 Å². The van der Waals surface area contributed by atoms with Crippen molar-refractivity contribution in [1.29, 1.82) is 0 Å². The third-order valence-electron chi connectivity index (χ3n) is 3.51. The number of rotatable bonds is 10. The highest BCUT2D eigenvalue weighted by Crippen LogP contribution is 2.08. The number of unbranched alkanes of at least 4 members (excludes halogenated alkanes) is 1. The monoisotopic (exact) mass is 274 g/mol. The summed E-state index contributed by atoms with van der Waals surface area (Å²) in [6.07, 6.45) is 10.8. The van der Waals surface area contributed by atoms with Crippen LogP contribution in [0.2, 0.25) is 0 Å². The summed E-state index contributed by atoms with van der Waals surface area (Å²) in [5.41, 5.74) is 0. The summed E-state index contributed by atoms with van der Waals surface area (Å²) in [7, 11) is 1.74. The Balaban J connectivity index is 0. The Hall–Kier alpha value is -0.420. The minimum Gasteiger partial charge on any atom is -0.412 e. The Morgan fingerprint density at radius 3 is 2.84 bits per heavy atom. The van der Waals surface area contributed by atoms with Crippen LogP contribution in [0, 0.1) is 0 Å². The molecule has 3 N–H and O–H groups in total. The fourth-order valence-electron chi connectivity index (χ4n) is 2.44. The number of hydrogen-bond acceptors (Lipinski definition) is 3. The molecule has 1 rings (SSSR count). The lowest BCUT2D eigenvalue weighted by Crippen LogP contribution is -2.38. The SMILES string of the molecule is CCCCN(CC/C=C\COC)C[C@@H]1CCCN1.O.[HH]. The van der Waals surface area contributed by atoms with Crippen molar-refractivity contribution in [3.8, 4) is 0 Å². The van der Waals surface area contributed by atoms with Gasteiger partial charge in [-0.2, -0.15) is 0 Å². The second-order valence-corrected chi connectivity index (χ2v) is 5.16. The topological polar surface area (TPSA) is 56.0 Å². The van der Waals surface area contributed by atoms with Crippen molar-refractivity contribution in [3.05, 3.63) is 12.2 Å². The first kappa shape index (κ1) is 18.6. The second-order valence-electron chi connectivity index (χ2n) is 5.16. The molecule has 1 atom stereocenters. The first-order chi connectivity index (χ1) is 8.86. The van der Waals surface area contributed by atoms with Gasteiger partial charge in [0.1, 0.15) is 0 Å². The van der Waals surface area contributed by atoms with E-state index in [0.717, 1.165) is 19.1 Å². The normalized spacial score (nSPS) is 19.2. The summed E-state index contributed by atoms with van der Waals surface area (Å²) in [6, 6.07) is 0.727. The predicted molar refractivity (Wildman–Crippen MR) is 83.7 cm³/mol. The summed E-state index contributed by atoms with van der Waals surface area (Å²) in [5, 5.41) is 3.59. The molecule has 19 heavy (non-hydrogen) atoms. The van der Waals surface area contributed by atoms with E-state index in [4.69, 9.17) is 4.74 Å². The highest BCUT2D eigenvalue weighted by Gasteiger charge is 2.16. The summed E-state index contributed by atoms with van der Waals surface area (Å²) >= 11 is 0. The van der Waals surface area contributed by atoms with Crippen LogP contribution < -0.4 is 5.32 Å². The first-order valence-corrected chi connectivity index (χ1v) is 7.46. The largest absolute Gasteiger partial charge is 0.412 e. The molecule has 1 aliphatic heterocycles. The molecule has 116 valence electrons. The van der Waals surface area contributed by atoms with E-state index in [-0.39, 0.29) is 6.90 Å². The van der Waals surface area contributed by atoms with Gasteiger partial charge in [-0.3, -0.25) is 0 Å². The fraction of sp³-hybridized carbons (Fsp3) is 0.867. The lowest BCUT2D eigenvalue weighted by Gasteiger charge is -2.25. The summed E-state index contributed by atoms with van der Waals surface area (Å²) < 4.78 is 5.01. The van der Waals surface area contributed by atoms with Crippen LogP contribution in [0.5, 0.6) is 0 Å². The van der Waals surface area contributed by atoms with Crippen LogP contribution in [0.15, 0.2) is 12.2 Å². The molecular formula is C15H34N2O2. The molecule has 1 fully saturated rings. The molecule has 0 saturated carbocycles. The van der Waals surface area contributed by atoms with E-state index in [1.165, 1.54) is 51.9 Å². The Labute approximate surface area is 120 Å². The third-order valence-corrected chi connectivity index (χ3v) is 3.51. The van der Waals surface area contributed by atoms with Gasteiger partial charge in [0.05, 0.1) is 6.61 Å². The van der Waals surface area contributed by atoms with Gasteiger partial charge in [-0.05, 0) is 38.8 Å². The molecule has 0 spiro atoms. The van der Waals surface area contributed by atoms with Crippen molar-refractivity contribution in [2.45, 2.75) is 45.1 Å². The summed E-state index contributed by atoms with van der Waals surface area (Å²) in [5.74, 6) is 0. The summed E-state index contributed by atoms with van der Waals surface area (Å²) in [6.45, 7) is 7.85. The molecular weight excluding hydrogens is 240 g/mol. The van der Waals surface area contributed by atoms with Crippen molar-refractivity contribution in [1.82, 2.24) is 10.2 Å². The fourth-order valence-corrected chi connectivity index (χ4v) is 2.44. The maximum atomic E-state index is 5.01. The van der Waals surface area contributed by atoms with Gasteiger partial charge in [-0.1, -0.05) is 25.5 Å². The van der Waals surface area contributed by atoms with E-state index in [0.29, 0.717) is 0 Å². The van der Waals surface area contributed by atoms with E-state index in [1.54, 1.807) is 7.11 Å². The average molecular weight is 274 g/mol. The molecule has 1 saturated heterocycles. The van der Waals surface area contributed by atoms with Crippen LogP contribution in [0.1, 0.15) is 40.5 Å². The van der Waals surface area contributed by atoms with Crippen LogP contribution in [-0.4, -0.2) is 56.3 Å². The molecule has 0 aromatic carbocycles. The van der Waals surface area contributed by atoms with E-state index in [1.807, 2.05) is 0 Å². The lowest BCUT2D eigenvalue weighted by atomic mass is 10.2. The van der Waals surface area contributed by atoms with Crippen molar-refractivity contribution >= 4 is 0 Å². The zero-order valence-corrected chi connectivity index (χ0v) is 12.7. The predicted octanol–water partition coefficient (Wildman–Crippen LogP) is 1.85. The molecule has 4 nitrogen and oxygen atoms in total. The molecule has 0 unspecified atom stereocenters. The number of ether oxygens (including phenoxy) is 1. The zero-order chi connectivity index (χ0) is 13.1. The van der Waals surface area contributed by atoms with Crippen LogP contribution in [0.4, 0.5) is 0 Å². The number of nitrogens with one attached hydrogen (secondary N) is 1. The average Bonchev–Trinajstić information content (AvgIpc) is 2.88. The van der Waals surface area contributed by atoms with Gasteiger partial charge in [0.25, 0.3) is 0 Å². The highest BCUT2D eigenvalue weighted by molar-refractivity contribution is 4.84. The molecule has 1 heterocycles. The van der Waals surface area contributed by atoms with Crippen molar-refractivity contribution in [2.75, 3.05) is 39.9 Å². The Kier molecular flexibility index (Phi) is 12.3. The lowest BCUT2D eigenvalue weighted by molar-refractivity contribution is 0.232. The minimum atomic E-state index is 0. The number of hydrogen-bond donors (Lipinski definition) is 1. The molecule has 0 bridgehead atoms. The standard InChI is InChI=1S/C15H30N2O.H2O.H2/c1-3-4-11-17(12-6-5-7-13-18-2)14-15-9-8-10-16-15;;/h5,7,15-16H,3-4,6,8-14H2,1-2H3;1H2;1H/b7-5-;;/t15-;;/m0../s1. The van der Waals surface area contributed by atoms with Gasteiger partial charge in [-0.25, -0.2) is 0 Å². The van der Waals surface area contributed by atoms with E-state index in [2.05, 4.69) is 29.3 Å². The van der Waals surface area contributed by atoms with Crippen LogP contribution in [0.3, 0.4) is 0 Å². The Morgan fingerprint density at radius 2 is 2.21 bits per heavy atom. The molecule has 4 heteroatoms. The number of nitrogens with zero attached hydrogens (tertiary/aromatic N) is 1. The summed E-state index contributed by atoms with van der Waals surface area (Å²) in [4.78, 5) is 2.61. The van der Waals surface area contributed by atoms with E-state index in [9.17, 15) is 0 Å². The Morgan fingerprint density at radius 1 is 1.37 bits per heavy atom. The zero-order valence-electron chi connectivity index (χ0n) is 12.7. The van der Waals surface area contributed by atoms with Gasteiger partial charge in [0.2, 0.25) is 0 Å². The maximum absolute atomic E-state index is 5.01. The minimum absolute atomic E-state index is 0. The van der Waals surface area contributed by atoms with Gasteiger partial charge in [0, 0.05) is 27.7 Å². The molecule has 0 aromatic rings. The highest BCUT2D eigenvalue weighted by atomic mass is 16.5. The van der Waals surface area contributed by atoms with Gasteiger partial charge in [0.15, 0.2) is 0 Å². The van der Waals surface area contributed by atoms with Crippen LogP contribution >= 0.6 is 0 Å². The third kappa shape index (κ3) is 9.16. The molecule has 0 aliphatic carbocycles. The van der Waals surface area contributed by atoms with Crippen molar-refractivity contribution in [2.24, 2.45) is 0 Å². The first-order valence-electron chi connectivity index (χ1n) is 7.46. The van der Waals surface area contributed by atoms with Gasteiger partial charge < -0.3 is 20.4 Å². The van der Waals surface area contributed by atoms with Crippen LogP contribution in [-0.2, 0) is 4.74 Å². The maximum Gasteiger partial charge on any atom is 0.0643 e. The smallest absolute Gasteiger partial charge is 0.0643 e. The quantitative estimate of drug-likeness (QED) is 0.619.